The van der Waals surface area contributed by atoms with Crippen molar-refractivity contribution in [2.24, 2.45) is 11.3 Å². The van der Waals surface area contributed by atoms with Gasteiger partial charge in [0.25, 0.3) is 0 Å². The van der Waals surface area contributed by atoms with Gasteiger partial charge in [0.1, 0.15) is 0 Å². The van der Waals surface area contributed by atoms with Crippen molar-refractivity contribution in [3.05, 3.63) is 0 Å². The molecule has 0 bridgehead atoms. The zero-order valence-corrected chi connectivity index (χ0v) is 11.1. The Balaban J connectivity index is 1.89. The van der Waals surface area contributed by atoms with Crippen LogP contribution in [0.15, 0.2) is 0 Å². The number of rotatable bonds is 3. The molecular weight excluding hydrogens is 196 g/mol. The van der Waals surface area contributed by atoms with Gasteiger partial charge in [0.2, 0.25) is 0 Å². The van der Waals surface area contributed by atoms with Crippen LogP contribution in [0.2, 0.25) is 0 Å². The van der Waals surface area contributed by atoms with Crippen molar-refractivity contribution in [3.8, 4) is 0 Å². The van der Waals surface area contributed by atoms with Gasteiger partial charge in [-0.25, -0.2) is 0 Å². The van der Waals surface area contributed by atoms with Crippen LogP contribution in [0.5, 0.6) is 0 Å². The predicted molar refractivity (Wildman–Crippen MR) is 69.7 cm³/mol. The van der Waals surface area contributed by atoms with E-state index in [0.717, 1.165) is 5.92 Å². The van der Waals surface area contributed by atoms with Crippen LogP contribution in [-0.4, -0.2) is 37.6 Å². The van der Waals surface area contributed by atoms with Gasteiger partial charge >= 0.3 is 0 Å². The molecule has 94 valence electrons. The van der Waals surface area contributed by atoms with E-state index in [1.54, 1.807) is 0 Å². The summed E-state index contributed by atoms with van der Waals surface area (Å²) in [5.74, 6) is 0.916. The highest BCUT2D eigenvalue weighted by Crippen LogP contribution is 2.32. The third kappa shape index (κ3) is 2.98. The number of likely N-dealkylation sites (tertiary alicyclic amines) is 1. The Morgan fingerprint density at radius 2 is 2.25 bits per heavy atom. The monoisotopic (exact) mass is 224 g/mol. The topological polar surface area (TPSA) is 15.3 Å². The fourth-order valence-corrected chi connectivity index (χ4v) is 3.48. The molecule has 0 aliphatic carbocycles. The fourth-order valence-electron chi connectivity index (χ4n) is 3.48. The molecule has 2 nitrogen and oxygen atoms in total. The second kappa shape index (κ2) is 5.50. The highest BCUT2D eigenvalue weighted by atomic mass is 15.1. The van der Waals surface area contributed by atoms with Gasteiger partial charge in [0, 0.05) is 19.6 Å². The summed E-state index contributed by atoms with van der Waals surface area (Å²) in [6.07, 6.45) is 6.99. The Hall–Kier alpha value is -0.0800. The molecule has 2 atom stereocenters. The van der Waals surface area contributed by atoms with Crippen LogP contribution in [0, 0.1) is 11.3 Å². The van der Waals surface area contributed by atoms with Gasteiger partial charge in [-0.15, -0.1) is 0 Å². The lowest BCUT2D eigenvalue weighted by atomic mass is 9.77. The van der Waals surface area contributed by atoms with Gasteiger partial charge in [-0.3, -0.25) is 0 Å². The summed E-state index contributed by atoms with van der Waals surface area (Å²) in [6.45, 7) is 11.3. The minimum atomic E-state index is 0.579. The maximum absolute atomic E-state index is 3.60. The van der Waals surface area contributed by atoms with Crippen LogP contribution in [0.4, 0.5) is 0 Å². The van der Waals surface area contributed by atoms with Crippen LogP contribution in [0.1, 0.15) is 46.0 Å². The molecule has 2 aliphatic rings. The van der Waals surface area contributed by atoms with Crippen LogP contribution < -0.4 is 5.32 Å². The highest BCUT2D eigenvalue weighted by Gasteiger charge is 2.33. The fraction of sp³-hybridized carbons (Fsp3) is 1.00. The molecule has 0 aromatic heterocycles. The van der Waals surface area contributed by atoms with Gasteiger partial charge in [0.15, 0.2) is 0 Å². The quantitative estimate of drug-likeness (QED) is 0.792. The molecule has 0 amide bonds. The Labute approximate surface area is 101 Å². The van der Waals surface area contributed by atoms with E-state index in [9.17, 15) is 0 Å². The van der Waals surface area contributed by atoms with E-state index in [1.165, 1.54) is 64.8 Å². The zero-order valence-electron chi connectivity index (χ0n) is 11.1. The molecule has 0 radical (unpaired) electrons. The summed E-state index contributed by atoms with van der Waals surface area (Å²) in [5, 5.41) is 3.60. The molecule has 2 heteroatoms. The molecule has 2 aliphatic heterocycles. The lowest BCUT2D eigenvalue weighted by molar-refractivity contribution is 0.0827. The first-order chi connectivity index (χ1) is 7.74. The van der Waals surface area contributed by atoms with E-state index < -0.39 is 0 Å². The Bertz CT molecular complexity index is 209. The summed E-state index contributed by atoms with van der Waals surface area (Å²) < 4.78 is 0. The number of piperidine rings is 2. The van der Waals surface area contributed by atoms with Crippen molar-refractivity contribution < 1.29 is 0 Å². The van der Waals surface area contributed by atoms with Crippen LogP contribution in [0.25, 0.3) is 0 Å². The Morgan fingerprint density at radius 3 is 2.88 bits per heavy atom. The van der Waals surface area contributed by atoms with E-state index in [1.807, 2.05) is 0 Å². The van der Waals surface area contributed by atoms with Gasteiger partial charge in [-0.2, -0.15) is 0 Å². The first-order valence-corrected chi connectivity index (χ1v) is 7.17. The minimum absolute atomic E-state index is 0.579. The van der Waals surface area contributed by atoms with Crippen molar-refractivity contribution in [2.75, 3.05) is 32.7 Å². The van der Waals surface area contributed by atoms with Crippen molar-refractivity contribution in [1.82, 2.24) is 10.2 Å². The minimum Gasteiger partial charge on any atom is -0.316 e. The van der Waals surface area contributed by atoms with Gasteiger partial charge in [-0.1, -0.05) is 13.8 Å². The van der Waals surface area contributed by atoms with Crippen molar-refractivity contribution in [1.29, 1.82) is 0 Å². The normalized spacial score (nSPS) is 37.5. The molecular formula is C14H28N2. The van der Waals surface area contributed by atoms with Crippen molar-refractivity contribution in [2.45, 2.75) is 46.0 Å². The van der Waals surface area contributed by atoms with E-state index >= 15 is 0 Å². The maximum Gasteiger partial charge on any atom is 0.00502 e. The zero-order chi connectivity index (χ0) is 11.4. The van der Waals surface area contributed by atoms with E-state index in [4.69, 9.17) is 0 Å². The predicted octanol–water partition coefficient (Wildman–Crippen LogP) is 2.50. The molecule has 2 saturated heterocycles. The third-order valence-electron chi connectivity index (χ3n) is 4.61. The van der Waals surface area contributed by atoms with Crippen LogP contribution >= 0.6 is 0 Å². The Morgan fingerprint density at radius 1 is 1.38 bits per heavy atom. The molecule has 0 spiro atoms. The SMILES string of the molecule is CCC1(CN2CCCC(C)C2)CCCNC1. The number of nitrogens with zero attached hydrogens (tertiary/aromatic N) is 1. The third-order valence-corrected chi connectivity index (χ3v) is 4.61. The molecule has 16 heavy (non-hydrogen) atoms. The Kier molecular flexibility index (Phi) is 4.26. The molecule has 1 N–H and O–H groups in total. The molecule has 2 heterocycles. The molecule has 0 aromatic rings. The average Bonchev–Trinajstić information content (AvgIpc) is 2.30. The number of nitrogens with one attached hydrogen (secondary N) is 1. The standard InChI is InChI=1S/C14H28N2/c1-3-14(7-5-8-15-11-14)12-16-9-4-6-13(2)10-16/h13,15H,3-12H2,1-2H3. The highest BCUT2D eigenvalue weighted by molar-refractivity contribution is 4.88. The summed E-state index contributed by atoms with van der Waals surface area (Å²) in [7, 11) is 0. The molecule has 2 fully saturated rings. The largest absolute Gasteiger partial charge is 0.316 e. The number of hydrogen-bond donors (Lipinski definition) is 1. The summed E-state index contributed by atoms with van der Waals surface area (Å²) in [5.41, 5.74) is 0.579. The molecule has 0 saturated carbocycles. The second-order valence-electron chi connectivity index (χ2n) is 6.12. The number of hydrogen-bond acceptors (Lipinski definition) is 2. The van der Waals surface area contributed by atoms with E-state index in [0.29, 0.717) is 5.41 Å². The van der Waals surface area contributed by atoms with E-state index in [-0.39, 0.29) is 0 Å². The first kappa shape index (κ1) is 12.4. The van der Waals surface area contributed by atoms with Crippen LogP contribution in [0.3, 0.4) is 0 Å². The van der Waals surface area contributed by atoms with Crippen LogP contribution in [-0.2, 0) is 0 Å². The maximum atomic E-state index is 3.60. The molecule has 2 rings (SSSR count). The van der Waals surface area contributed by atoms with Gasteiger partial charge < -0.3 is 10.2 Å². The summed E-state index contributed by atoms with van der Waals surface area (Å²) in [6, 6.07) is 0. The average molecular weight is 224 g/mol. The first-order valence-electron chi connectivity index (χ1n) is 7.17. The van der Waals surface area contributed by atoms with Gasteiger partial charge in [-0.05, 0) is 56.5 Å². The van der Waals surface area contributed by atoms with Gasteiger partial charge in [0.05, 0.1) is 0 Å². The van der Waals surface area contributed by atoms with E-state index in [2.05, 4.69) is 24.1 Å². The lowest BCUT2D eigenvalue weighted by Crippen LogP contribution is -2.49. The molecule has 2 unspecified atom stereocenters. The molecule has 0 aromatic carbocycles. The van der Waals surface area contributed by atoms with Crippen molar-refractivity contribution in [3.63, 3.8) is 0 Å². The second-order valence-corrected chi connectivity index (χ2v) is 6.12. The smallest absolute Gasteiger partial charge is 0.00502 e. The summed E-state index contributed by atoms with van der Waals surface area (Å²) >= 11 is 0. The summed E-state index contributed by atoms with van der Waals surface area (Å²) in [4.78, 5) is 2.73. The lowest BCUT2D eigenvalue weighted by Gasteiger charge is -2.43. The van der Waals surface area contributed by atoms with Crippen molar-refractivity contribution >= 4 is 0 Å².